The number of hydrogen-bond donors (Lipinski definition) is 0. The summed E-state index contributed by atoms with van der Waals surface area (Å²) in [5, 5.41) is 8.65. The van der Waals surface area contributed by atoms with Crippen molar-refractivity contribution in [3.8, 4) is 6.07 Å². The van der Waals surface area contributed by atoms with Crippen LogP contribution < -0.4 is 4.90 Å². The average molecular weight is 204 g/mol. The topological polar surface area (TPSA) is 27.0 Å². The smallest absolute Gasteiger partial charge is 0.127 e. The van der Waals surface area contributed by atoms with Crippen molar-refractivity contribution in [2.24, 2.45) is 0 Å². The first kappa shape index (κ1) is 9.97. The molecule has 0 radical (unpaired) electrons. The highest BCUT2D eigenvalue weighted by Crippen LogP contribution is 2.29. The quantitative estimate of drug-likeness (QED) is 0.702. The van der Waals surface area contributed by atoms with Crippen LogP contribution in [-0.2, 0) is 0 Å². The summed E-state index contributed by atoms with van der Waals surface area (Å²) in [7, 11) is 0. The first-order valence-electron chi connectivity index (χ1n) is 5.05. The first-order valence-corrected chi connectivity index (χ1v) is 5.05. The SMILES string of the molecule is C[C@]1(F)CCN(c2ccc(C#N)cc2)C1. The Morgan fingerprint density at radius 2 is 2.07 bits per heavy atom. The van der Waals surface area contributed by atoms with E-state index in [1.54, 1.807) is 19.1 Å². The fourth-order valence-corrected chi connectivity index (χ4v) is 1.89. The van der Waals surface area contributed by atoms with E-state index in [0.29, 0.717) is 18.5 Å². The summed E-state index contributed by atoms with van der Waals surface area (Å²) < 4.78 is 13.6. The molecule has 3 heteroatoms. The van der Waals surface area contributed by atoms with Crippen molar-refractivity contribution in [3.63, 3.8) is 0 Å². The molecule has 2 nitrogen and oxygen atoms in total. The number of benzene rings is 1. The van der Waals surface area contributed by atoms with Crippen LogP contribution in [0, 0.1) is 11.3 Å². The van der Waals surface area contributed by atoms with Crippen molar-refractivity contribution in [2.75, 3.05) is 18.0 Å². The largest absolute Gasteiger partial charge is 0.368 e. The van der Waals surface area contributed by atoms with Gasteiger partial charge in [-0.25, -0.2) is 4.39 Å². The van der Waals surface area contributed by atoms with Crippen LogP contribution in [0.15, 0.2) is 24.3 Å². The average Bonchev–Trinajstić information content (AvgIpc) is 2.59. The molecule has 0 amide bonds. The van der Waals surface area contributed by atoms with Crippen LogP contribution in [0.2, 0.25) is 0 Å². The molecule has 1 aliphatic rings. The van der Waals surface area contributed by atoms with Gasteiger partial charge in [-0.3, -0.25) is 0 Å². The molecule has 0 spiro atoms. The molecule has 1 atom stereocenters. The van der Waals surface area contributed by atoms with Gasteiger partial charge in [0.05, 0.1) is 18.2 Å². The lowest BCUT2D eigenvalue weighted by atomic mass is 10.1. The maximum absolute atomic E-state index is 13.6. The fraction of sp³-hybridized carbons (Fsp3) is 0.417. The first-order chi connectivity index (χ1) is 7.11. The van der Waals surface area contributed by atoms with Crippen LogP contribution in [0.4, 0.5) is 10.1 Å². The molecule has 0 unspecified atom stereocenters. The third-order valence-electron chi connectivity index (χ3n) is 2.79. The highest BCUT2D eigenvalue weighted by atomic mass is 19.1. The minimum absolute atomic E-state index is 0.443. The van der Waals surface area contributed by atoms with E-state index in [4.69, 9.17) is 5.26 Å². The van der Waals surface area contributed by atoms with E-state index in [0.717, 1.165) is 12.2 Å². The molecular weight excluding hydrogens is 191 g/mol. The molecule has 1 aromatic rings. The number of nitrogens with zero attached hydrogens (tertiary/aromatic N) is 2. The summed E-state index contributed by atoms with van der Waals surface area (Å²) in [5.74, 6) is 0. The Labute approximate surface area is 88.9 Å². The molecule has 1 aromatic carbocycles. The standard InChI is InChI=1S/C12H13FN2/c1-12(13)6-7-15(9-12)11-4-2-10(8-14)3-5-11/h2-5H,6-7,9H2,1H3/t12-/m0/s1. The second-order valence-corrected chi connectivity index (χ2v) is 4.24. The predicted octanol–water partition coefficient (Wildman–Crippen LogP) is 2.50. The van der Waals surface area contributed by atoms with E-state index < -0.39 is 5.67 Å². The zero-order valence-electron chi connectivity index (χ0n) is 8.70. The maximum Gasteiger partial charge on any atom is 0.127 e. The van der Waals surface area contributed by atoms with E-state index >= 15 is 0 Å². The number of nitriles is 1. The summed E-state index contributed by atoms with van der Waals surface area (Å²) in [6.07, 6.45) is 0.576. The lowest BCUT2D eigenvalue weighted by molar-refractivity contribution is 0.221. The maximum atomic E-state index is 13.6. The van der Waals surface area contributed by atoms with Gasteiger partial charge >= 0.3 is 0 Å². The van der Waals surface area contributed by atoms with Crippen LogP contribution in [0.5, 0.6) is 0 Å². The number of halogens is 1. The molecule has 2 rings (SSSR count). The fourth-order valence-electron chi connectivity index (χ4n) is 1.89. The Bertz CT molecular complexity index is 389. The third kappa shape index (κ3) is 2.10. The van der Waals surface area contributed by atoms with Gasteiger partial charge < -0.3 is 4.90 Å². The Morgan fingerprint density at radius 1 is 1.40 bits per heavy atom. The van der Waals surface area contributed by atoms with Crippen LogP contribution in [-0.4, -0.2) is 18.8 Å². The lowest BCUT2D eigenvalue weighted by Gasteiger charge is -2.19. The predicted molar refractivity (Wildman–Crippen MR) is 57.5 cm³/mol. The van der Waals surface area contributed by atoms with Crippen molar-refractivity contribution < 1.29 is 4.39 Å². The van der Waals surface area contributed by atoms with Crippen molar-refractivity contribution >= 4 is 5.69 Å². The van der Waals surface area contributed by atoms with E-state index in [-0.39, 0.29) is 0 Å². The number of anilines is 1. The molecule has 1 fully saturated rings. The molecule has 0 aromatic heterocycles. The normalized spacial score (nSPS) is 25.3. The van der Waals surface area contributed by atoms with Gasteiger partial charge in [0.15, 0.2) is 0 Å². The summed E-state index contributed by atoms with van der Waals surface area (Å²) >= 11 is 0. The van der Waals surface area contributed by atoms with Crippen LogP contribution in [0.25, 0.3) is 0 Å². The van der Waals surface area contributed by atoms with Crippen LogP contribution in [0.3, 0.4) is 0 Å². The van der Waals surface area contributed by atoms with Gasteiger partial charge in [0.1, 0.15) is 5.67 Å². The van der Waals surface area contributed by atoms with Crippen molar-refractivity contribution in [2.45, 2.75) is 19.0 Å². The van der Waals surface area contributed by atoms with Gasteiger partial charge in [0.25, 0.3) is 0 Å². The van der Waals surface area contributed by atoms with Gasteiger partial charge in [-0.15, -0.1) is 0 Å². The number of alkyl halides is 1. The van der Waals surface area contributed by atoms with E-state index in [1.165, 1.54) is 0 Å². The highest BCUT2D eigenvalue weighted by molar-refractivity contribution is 5.50. The molecule has 1 saturated heterocycles. The molecular formula is C12H13FN2. The Hall–Kier alpha value is -1.56. The Balaban J connectivity index is 2.15. The third-order valence-corrected chi connectivity index (χ3v) is 2.79. The van der Waals surface area contributed by atoms with Crippen LogP contribution in [0.1, 0.15) is 18.9 Å². The Morgan fingerprint density at radius 3 is 2.53 bits per heavy atom. The van der Waals surface area contributed by atoms with E-state index in [2.05, 4.69) is 6.07 Å². The zero-order chi connectivity index (χ0) is 10.9. The van der Waals surface area contributed by atoms with Crippen molar-refractivity contribution in [1.82, 2.24) is 0 Å². The molecule has 1 heterocycles. The highest BCUT2D eigenvalue weighted by Gasteiger charge is 2.33. The summed E-state index contributed by atoms with van der Waals surface area (Å²) in [6, 6.07) is 9.35. The number of rotatable bonds is 1. The Kier molecular flexibility index (Phi) is 2.36. The second kappa shape index (κ2) is 3.54. The van der Waals surface area contributed by atoms with E-state index in [9.17, 15) is 4.39 Å². The minimum atomic E-state index is -1.08. The molecule has 78 valence electrons. The number of hydrogen-bond acceptors (Lipinski definition) is 2. The van der Waals surface area contributed by atoms with Gasteiger partial charge in [-0.05, 0) is 31.2 Å². The lowest BCUT2D eigenvalue weighted by Crippen LogP contribution is -2.25. The van der Waals surface area contributed by atoms with Gasteiger partial charge in [0, 0.05) is 18.7 Å². The summed E-state index contributed by atoms with van der Waals surface area (Å²) in [5.41, 5.74) is 0.560. The molecule has 0 N–H and O–H groups in total. The monoisotopic (exact) mass is 204 g/mol. The molecule has 15 heavy (non-hydrogen) atoms. The molecule has 1 aliphatic heterocycles. The van der Waals surface area contributed by atoms with E-state index in [1.807, 2.05) is 17.0 Å². The van der Waals surface area contributed by atoms with Gasteiger partial charge in [-0.2, -0.15) is 5.26 Å². The summed E-state index contributed by atoms with van der Waals surface area (Å²) in [4.78, 5) is 2.02. The van der Waals surface area contributed by atoms with Gasteiger partial charge in [-0.1, -0.05) is 0 Å². The van der Waals surface area contributed by atoms with Crippen LogP contribution >= 0.6 is 0 Å². The minimum Gasteiger partial charge on any atom is -0.368 e. The molecule has 0 aliphatic carbocycles. The zero-order valence-corrected chi connectivity index (χ0v) is 8.70. The van der Waals surface area contributed by atoms with Crippen molar-refractivity contribution in [1.29, 1.82) is 5.26 Å². The summed E-state index contributed by atoms with van der Waals surface area (Å²) in [6.45, 7) is 2.83. The van der Waals surface area contributed by atoms with Gasteiger partial charge in [0.2, 0.25) is 0 Å². The molecule has 0 bridgehead atoms. The second-order valence-electron chi connectivity index (χ2n) is 4.24. The molecule has 0 saturated carbocycles. The van der Waals surface area contributed by atoms with Crippen molar-refractivity contribution in [3.05, 3.63) is 29.8 Å².